The number of rotatable bonds is 4. The molecule has 2 aliphatic carbocycles. The molecule has 2 heterocycles. The Morgan fingerprint density at radius 1 is 0.328 bits per heavy atom. The van der Waals surface area contributed by atoms with Crippen LogP contribution >= 0.6 is 11.3 Å². The van der Waals surface area contributed by atoms with Crippen molar-refractivity contribution in [3.8, 4) is 56.4 Å². The van der Waals surface area contributed by atoms with Crippen LogP contribution in [-0.2, 0) is 5.41 Å². The van der Waals surface area contributed by atoms with Crippen molar-refractivity contribution >= 4 is 53.1 Å². The van der Waals surface area contributed by atoms with Crippen LogP contribution in [0.4, 0.5) is 0 Å². The number of nitrogens with zero attached hydrogens (tertiary/aromatic N) is 3. The smallest absolute Gasteiger partial charge is 0.164 e. The highest BCUT2D eigenvalue weighted by Gasteiger charge is 2.50. The Bertz CT molecular complexity index is 3450. The van der Waals surface area contributed by atoms with Gasteiger partial charge in [0.1, 0.15) is 0 Å². The summed E-state index contributed by atoms with van der Waals surface area (Å²) in [6.45, 7) is 0. The Morgan fingerprint density at radius 3 is 1.64 bits per heavy atom. The predicted molar refractivity (Wildman–Crippen MR) is 240 cm³/mol. The van der Waals surface area contributed by atoms with Crippen LogP contribution < -0.4 is 0 Å². The van der Waals surface area contributed by atoms with Gasteiger partial charge in [0.15, 0.2) is 17.5 Å². The summed E-state index contributed by atoms with van der Waals surface area (Å²) in [5.74, 6) is 1.98. The standard InChI is InChI=1S/C54H31N3S/c1-2-10-35(11-3-1)51-55-52(57-53(56-51)38-27-29-48-42(31-38)40-15-5-7-19-47(40)58-48)36-24-20-32(21-25-36)37-26-28-44-41(30-37)39-14-4-6-16-43(39)54(44)45-17-8-12-33-22-23-34-13-9-18-46(54)50(34)49(33)45/h1-31H. The molecular weight excluding hydrogens is 723 g/mol. The molecule has 0 radical (unpaired) electrons. The number of fused-ring (bicyclic) bond motifs is 10. The fourth-order valence-corrected chi connectivity index (χ4v) is 11.1. The SMILES string of the molecule is c1ccc(-c2nc(-c3ccc(-c4ccc5c(c4)-c4ccccc4C54c5cccc6ccc7cccc4c7c56)cc3)nc(-c3ccc4sc5ccccc5c4c3)n2)cc1. The summed E-state index contributed by atoms with van der Waals surface area (Å²) in [6, 6.07) is 68.4. The molecule has 0 N–H and O–H groups in total. The van der Waals surface area contributed by atoms with Gasteiger partial charge in [0.05, 0.1) is 5.41 Å². The van der Waals surface area contributed by atoms with Crippen molar-refractivity contribution in [3.05, 3.63) is 210 Å². The first-order chi connectivity index (χ1) is 28.7. The third-order valence-corrected chi connectivity index (χ3v) is 13.7. The number of aromatic nitrogens is 3. The molecule has 9 aromatic carbocycles. The van der Waals surface area contributed by atoms with E-state index in [1.165, 1.54) is 80.7 Å². The Hall–Kier alpha value is -7.27. The highest BCUT2D eigenvalue weighted by molar-refractivity contribution is 7.25. The lowest BCUT2D eigenvalue weighted by molar-refractivity contribution is 0.797. The van der Waals surface area contributed by atoms with Crippen LogP contribution in [0.15, 0.2) is 188 Å². The van der Waals surface area contributed by atoms with E-state index in [2.05, 4.69) is 170 Å². The van der Waals surface area contributed by atoms with Crippen LogP contribution in [0, 0.1) is 0 Å². The monoisotopic (exact) mass is 753 g/mol. The maximum absolute atomic E-state index is 5.12. The maximum atomic E-state index is 5.12. The number of thiophene rings is 1. The van der Waals surface area contributed by atoms with Gasteiger partial charge in [-0.3, -0.25) is 0 Å². The normalized spacial score (nSPS) is 13.3. The van der Waals surface area contributed by atoms with Crippen molar-refractivity contribution in [3.63, 3.8) is 0 Å². The summed E-state index contributed by atoms with van der Waals surface area (Å²) in [5.41, 5.74) is 12.9. The summed E-state index contributed by atoms with van der Waals surface area (Å²) in [6.07, 6.45) is 0. The van der Waals surface area contributed by atoms with Crippen LogP contribution in [0.5, 0.6) is 0 Å². The van der Waals surface area contributed by atoms with E-state index in [4.69, 9.17) is 15.0 Å². The third kappa shape index (κ3) is 4.35. The highest BCUT2D eigenvalue weighted by Crippen LogP contribution is 2.62. The van der Waals surface area contributed by atoms with Crippen LogP contribution in [0.3, 0.4) is 0 Å². The minimum atomic E-state index is -0.356. The van der Waals surface area contributed by atoms with Gasteiger partial charge in [0.25, 0.3) is 0 Å². The Balaban J connectivity index is 0.927. The minimum absolute atomic E-state index is 0.356. The molecule has 58 heavy (non-hydrogen) atoms. The van der Waals surface area contributed by atoms with E-state index < -0.39 is 0 Å². The van der Waals surface area contributed by atoms with E-state index in [9.17, 15) is 0 Å². The van der Waals surface area contributed by atoms with Crippen LogP contribution in [0.2, 0.25) is 0 Å². The van der Waals surface area contributed by atoms with Crippen LogP contribution in [0.1, 0.15) is 22.3 Å². The molecule has 13 rings (SSSR count). The largest absolute Gasteiger partial charge is 0.208 e. The van der Waals surface area contributed by atoms with Gasteiger partial charge < -0.3 is 0 Å². The Labute approximate surface area is 338 Å². The fourth-order valence-electron chi connectivity index (χ4n) is 10.00. The van der Waals surface area contributed by atoms with Crippen LogP contribution in [-0.4, -0.2) is 15.0 Å². The van der Waals surface area contributed by atoms with Crippen molar-refractivity contribution in [2.75, 3.05) is 0 Å². The lowest BCUT2D eigenvalue weighted by atomic mass is 9.70. The van der Waals surface area contributed by atoms with Gasteiger partial charge >= 0.3 is 0 Å². The van der Waals surface area contributed by atoms with Crippen molar-refractivity contribution in [2.45, 2.75) is 5.41 Å². The maximum Gasteiger partial charge on any atom is 0.164 e. The molecule has 2 aliphatic rings. The summed E-state index contributed by atoms with van der Waals surface area (Å²) in [4.78, 5) is 15.2. The highest BCUT2D eigenvalue weighted by atomic mass is 32.1. The lowest BCUT2D eigenvalue weighted by Gasteiger charge is -2.30. The van der Waals surface area contributed by atoms with Gasteiger partial charge in [-0.1, -0.05) is 158 Å². The van der Waals surface area contributed by atoms with Gasteiger partial charge in [0.2, 0.25) is 0 Å². The zero-order valence-corrected chi connectivity index (χ0v) is 32.0. The van der Waals surface area contributed by atoms with Gasteiger partial charge in [-0.2, -0.15) is 0 Å². The quantitative estimate of drug-likeness (QED) is 0.168. The van der Waals surface area contributed by atoms with Crippen LogP contribution in [0.25, 0.3) is 98.1 Å². The summed E-state index contributed by atoms with van der Waals surface area (Å²) < 4.78 is 2.54. The van der Waals surface area contributed by atoms with Crippen molar-refractivity contribution < 1.29 is 0 Å². The zero-order chi connectivity index (χ0) is 38.0. The molecule has 0 fully saturated rings. The average molecular weight is 754 g/mol. The van der Waals surface area contributed by atoms with E-state index >= 15 is 0 Å². The van der Waals surface area contributed by atoms with E-state index in [1.54, 1.807) is 0 Å². The fraction of sp³-hybridized carbons (Fsp3) is 0.0185. The second kappa shape index (κ2) is 11.9. The van der Waals surface area contributed by atoms with E-state index in [-0.39, 0.29) is 5.41 Å². The molecule has 2 aromatic heterocycles. The third-order valence-electron chi connectivity index (χ3n) is 12.5. The summed E-state index contributed by atoms with van der Waals surface area (Å²) in [5, 5.41) is 7.85. The molecule has 0 saturated heterocycles. The van der Waals surface area contributed by atoms with Crippen molar-refractivity contribution in [1.82, 2.24) is 15.0 Å². The first kappa shape index (κ1) is 31.9. The Morgan fingerprint density at radius 2 is 0.879 bits per heavy atom. The summed E-state index contributed by atoms with van der Waals surface area (Å²) >= 11 is 1.82. The van der Waals surface area contributed by atoms with E-state index in [0.29, 0.717) is 17.5 Å². The number of benzene rings is 9. The van der Waals surface area contributed by atoms with Gasteiger partial charge in [-0.05, 0) is 96.4 Å². The molecule has 0 aliphatic heterocycles. The van der Waals surface area contributed by atoms with Gasteiger partial charge in [-0.25, -0.2) is 15.0 Å². The first-order valence-electron chi connectivity index (χ1n) is 19.8. The van der Waals surface area contributed by atoms with Crippen molar-refractivity contribution in [2.24, 2.45) is 0 Å². The Kier molecular flexibility index (Phi) is 6.53. The molecule has 0 amide bonds. The molecule has 3 nitrogen and oxygen atoms in total. The molecular formula is C54H31N3S. The molecule has 11 aromatic rings. The number of hydrogen-bond acceptors (Lipinski definition) is 4. The molecule has 0 unspecified atom stereocenters. The minimum Gasteiger partial charge on any atom is -0.208 e. The number of hydrogen-bond donors (Lipinski definition) is 0. The average Bonchev–Trinajstić information content (AvgIpc) is 3.93. The molecule has 4 heteroatoms. The first-order valence-corrected chi connectivity index (χ1v) is 20.6. The molecule has 268 valence electrons. The van der Waals surface area contributed by atoms with Gasteiger partial charge in [-0.15, -0.1) is 11.3 Å². The zero-order valence-electron chi connectivity index (χ0n) is 31.1. The molecule has 0 atom stereocenters. The lowest BCUT2D eigenvalue weighted by Crippen LogP contribution is -2.26. The molecule has 1 spiro atoms. The topological polar surface area (TPSA) is 38.7 Å². The molecule has 0 saturated carbocycles. The van der Waals surface area contributed by atoms with Crippen molar-refractivity contribution in [1.29, 1.82) is 0 Å². The van der Waals surface area contributed by atoms with Gasteiger partial charge in [0, 0.05) is 36.9 Å². The predicted octanol–water partition coefficient (Wildman–Crippen LogP) is 13.9. The second-order valence-electron chi connectivity index (χ2n) is 15.5. The van der Waals surface area contributed by atoms with E-state index in [0.717, 1.165) is 22.3 Å². The summed E-state index contributed by atoms with van der Waals surface area (Å²) in [7, 11) is 0. The molecule has 0 bridgehead atoms. The second-order valence-corrected chi connectivity index (χ2v) is 16.6. The van der Waals surface area contributed by atoms with E-state index in [1.807, 2.05) is 29.5 Å².